The summed E-state index contributed by atoms with van der Waals surface area (Å²) in [5.74, 6) is 1.61. The van der Waals surface area contributed by atoms with Crippen molar-refractivity contribution in [2.75, 3.05) is 26.6 Å². The predicted molar refractivity (Wildman–Crippen MR) is 89.9 cm³/mol. The lowest BCUT2D eigenvalue weighted by Gasteiger charge is -2.12. The van der Waals surface area contributed by atoms with Crippen LogP contribution in [0.3, 0.4) is 0 Å². The van der Waals surface area contributed by atoms with Crippen molar-refractivity contribution in [1.29, 1.82) is 0 Å². The third-order valence-corrected chi connectivity index (χ3v) is 3.52. The Morgan fingerprint density at radius 3 is 2.39 bits per heavy atom. The number of methoxy groups -OCH3 is 3. The van der Waals surface area contributed by atoms with Crippen molar-refractivity contribution < 1.29 is 19.0 Å². The molecule has 0 spiro atoms. The van der Waals surface area contributed by atoms with E-state index in [1.807, 2.05) is 0 Å². The zero-order chi connectivity index (χ0) is 16.8. The molecule has 0 saturated heterocycles. The fourth-order valence-electron chi connectivity index (χ4n) is 2.14. The number of anilines is 1. The van der Waals surface area contributed by atoms with Crippen LogP contribution in [-0.4, -0.2) is 27.2 Å². The van der Waals surface area contributed by atoms with Gasteiger partial charge in [-0.1, -0.05) is 17.7 Å². The number of carbonyl (C=O) groups excluding carboxylic acids is 1. The first-order chi connectivity index (χ1) is 11.1. The molecule has 0 aromatic heterocycles. The van der Waals surface area contributed by atoms with E-state index < -0.39 is 0 Å². The van der Waals surface area contributed by atoms with Gasteiger partial charge in [0.05, 0.1) is 33.4 Å². The fraction of sp³-hybridized carbons (Fsp3) is 0.235. The van der Waals surface area contributed by atoms with E-state index in [9.17, 15) is 4.79 Å². The monoisotopic (exact) mass is 335 g/mol. The number of hydrogen-bond donors (Lipinski definition) is 1. The lowest BCUT2D eigenvalue weighted by Crippen LogP contribution is -2.15. The molecule has 0 unspecified atom stereocenters. The summed E-state index contributed by atoms with van der Waals surface area (Å²) in [5, 5.41) is 3.31. The van der Waals surface area contributed by atoms with Crippen LogP contribution in [0.2, 0.25) is 5.02 Å². The summed E-state index contributed by atoms with van der Waals surface area (Å²) in [6.07, 6.45) is 0.156. The average Bonchev–Trinajstić information content (AvgIpc) is 2.55. The van der Waals surface area contributed by atoms with Crippen molar-refractivity contribution in [1.82, 2.24) is 0 Å². The average molecular weight is 336 g/mol. The van der Waals surface area contributed by atoms with Crippen molar-refractivity contribution in [2.45, 2.75) is 6.42 Å². The van der Waals surface area contributed by atoms with E-state index in [0.717, 1.165) is 5.56 Å². The zero-order valence-electron chi connectivity index (χ0n) is 13.2. The number of amides is 1. The molecular weight excluding hydrogens is 318 g/mol. The molecule has 5 nitrogen and oxygen atoms in total. The van der Waals surface area contributed by atoms with Crippen LogP contribution in [-0.2, 0) is 11.2 Å². The van der Waals surface area contributed by atoms with Gasteiger partial charge in [0.1, 0.15) is 17.2 Å². The van der Waals surface area contributed by atoms with E-state index in [-0.39, 0.29) is 12.3 Å². The maximum atomic E-state index is 12.3. The van der Waals surface area contributed by atoms with Crippen molar-refractivity contribution >= 4 is 23.2 Å². The van der Waals surface area contributed by atoms with Crippen LogP contribution in [0.15, 0.2) is 36.4 Å². The number of benzene rings is 2. The molecule has 2 aromatic rings. The number of ether oxygens (including phenoxy) is 3. The lowest BCUT2D eigenvalue weighted by atomic mass is 10.1. The van der Waals surface area contributed by atoms with Gasteiger partial charge in [-0.3, -0.25) is 4.79 Å². The molecule has 0 fully saturated rings. The molecule has 1 N–H and O–H groups in total. The van der Waals surface area contributed by atoms with Gasteiger partial charge in [0.25, 0.3) is 0 Å². The zero-order valence-corrected chi connectivity index (χ0v) is 13.9. The van der Waals surface area contributed by atoms with E-state index in [4.69, 9.17) is 25.8 Å². The van der Waals surface area contributed by atoms with E-state index in [1.165, 1.54) is 7.11 Å². The highest BCUT2D eigenvalue weighted by atomic mass is 35.5. The van der Waals surface area contributed by atoms with Crippen LogP contribution >= 0.6 is 11.6 Å². The van der Waals surface area contributed by atoms with Gasteiger partial charge in [-0.05, 0) is 24.3 Å². The van der Waals surface area contributed by atoms with Gasteiger partial charge in [0, 0.05) is 16.7 Å². The Labute approximate surface area is 140 Å². The smallest absolute Gasteiger partial charge is 0.229 e. The highest BCUT2D eigenvalue weighted by Gasteiger charge is 2.12. The summed E-state index contributed by atoms with van der Waals surface area (Å²) in [6.45, 7) is 0. The molecule has 0 aliphatic rings. The SMILES string of the molecule is COc1ccc(CC(=O)Nc2cc(Cl)ccc2OC)c(OC)c1. The van der Waals surface area contributed by atoms with Gasteiger partial charge in [-0.15, -0.1) is 0 Å². The van der Waals surface area contributed by atoms with Crippen LogP contribution < -0.4 is 19.5 Å². The second kappa shape index (κ2) is 7.74. The molecule has 2 rings (SSSR count). The van der Waals surface area contributed by atoms with Gasteiger partial charge >= 0.3 is 0 Å². The molecule has 23 heavy (non-hydrogen) atoms. The Bertz CT molecular complexity index is 703. The third-order valence-electron chi connectivity index (χ3n) is 3.28. The third kappa shape index (κ3) is 4.29. The quantitative estimate of drug-likeness (QED) is 0.877. The number of carbonyl (C=O) groups is 1. The first-order valence-corrected chi connectivity index (χ1v) is 7.29. The van der Waals surface area contributed by atoms with Crippen molar-refractivity contribution in [3.63, 3.8) is 0 Å². The largest absolute Gasteiger partial charge is 0.497 e. The lowest BCUT2D eigenvalue weighted by molar-refractivity contribution is -0.115. The van der Waals surface area contributed by atoms with Crippen molar-refractivity contribution in [3.05, 3.63) is 47.0 Å². The first kappa shape index (κ1) is 17.0. The van der Waals surface area contributed by atoms with Crippen LogP contribution in [0.5, 0.6) is 17.2 Å². The molecule has 0 radical (unpaired) electrons. The molecule has 0 atom stereocenters. The summed E-state index contributed by atoms with van der Waals surface area (Å²) in [6, 6.07) is 10.4. The number of rotatable bonds is 6. The van der Waals surface area contributed by atoms with Gasteiger partial charge in [0.15, 0.2) is 0 Å². The van der Waals surface area contributed by atoms with Crippen LogP contribution in [0.1, 0.15) is 5.56 Å². The molecule has 0 aliphatic heterocycles. The number of nitrogens with one attached hydrogen (secondary N) is 1. The molecule has 6 heteroatoms. The van der Waals surface area contributed by atoms with Crippen molar-refractivity contribution in [3.8, 4) is 17.2 Å². The van der Waals surface area contributed by atoms with Crippen LogP contribution in [0, 0.1) is 0 Å². The molecule has 0 heterocycles. The van der Waals surface area contributed by atoms with Gasteiger partial charge in [-0.25, -0.2) is 0 Å². The van der Waals surface area contributed by atoms with Crippen molar-refractivity contribution in [2.24, 2.45) is 0 Å². The van der Waals surface area contributed by atoms with Gasteiger partial charge in [-0.2, -0.15) is 0 Å². The predicted octanol–water partition coefficient (Wildman–Crippen LogP) is 3.55. The molecule has 0 aliphatic carbocycles. The van der Waals surface area contributed by atoms with E-state index in [1.54, 1.807) is 50.6 Å². The molecule has 122 valence electrons. The Kier molecular flexibility index (Phi) is 5.71. The topological polar surface area (TPSA) is 56.8 Å². The minimum atomic E-state index is -0.200. The molecule has 2 aromatic carbocycles. The Morgan fingerprint density at radius 1 is 1.00 bits per heavy atom. The highest BCUT2D eigenvalue weighted by Crippen LogP contribution is 2.29. The normalized spacial score (nSPS) is 10.1. The van der Waals surface area contributed by atoms with E-state index in [0.29, 0.717) is 28.0 Å². The minimum absolute atomic E-state index is 0.156. The minimum Gasteiger partial charge on any atom is -0.497 e. The Balaban J connectivity index is 2.15. The highest BCUT2D eigenvalue weighted by molar-refractivity contribution is 6.31. The maximum Gasteiger partial charge on any atom is 0.229 e. The maximum absolute atomic E-state index is 12.3. The van der Waals surface area contributed by atoms with Gasteiger partial charge in [0.2, 0.25) is 5.91 Å². The first-order valence-electron chi connectivity index (χ1n) is 6.91. The van der Waals surface area contributed by atoms with E-state index >= 15 is 0 Å². The Hall–Kier alpha value is -2.40. The summed E-state index contributed by atoms with van der Waals surface area (Å²) in [7, 11) is 4.66. The molecule has 1 amide bonds. The Morgan fingerprint density at radius 2 is 1.74 bits per heavy atom. The van der Waals surface area contributed by atoms with E-state index in [2.05, 4.69) is 5.32 Å². The number of hydrogen-bond acceptors (Lipinski definition) is 4. The fourth-order valence-corrected chi connectivity index (χ4v) is 2.32. The second-order valence-electron chi connectivity index (χ2n) is 4.75. The summed E-state index contributed by atoms with van der Waals surface area (Å²) in [5.41, 5.74) is 1.28. The summed E-state index contributed by atoms with van der Waals surface area (Å²) in [4.78, 5) is 12.3. The standard InChI is InChI=1S/C17H18ClNO4/c1-21-13-6-4-11(16(10-13)23-3)8-17(20)19-14-9-12(18)5-7-15(14)22-2/h4-7,9-10H,8H2,1-3H3,(H,19,20). The van der Waals surface area contributed by atoms with Gasteiger partial charge < -0.3 is 19.5 Å². The molecule has 0 bridgehead atoms. The summed E-state index contributed by atoms with van der Waals surface area (Å²) >= 11 is 5.96. The van der Waals surface area contributed by atoms with Crippen LogP contribution in [0.25, 0.3) is 0 Å². The molecule has 0 saturated carbocycles. The molecular formula is C17H18ClNO4. The van der Waals surface area contributed by atoms with Crippen LogP contribution in [0.4, 0.5) is 5.69 Å². The number of halogens is 1. The second-order valence-corrected chi connectivity index (χ2v) is 5.18. The summed E-state index contributed by atoms with van der Waals surface area (Å²) < 4.78 is 15.7.